The lowest BCUT2D eigenvalue weighted by Gasteiger charge is -2.02. The number of aryl methyl sites for hydroxylation is 1. The molecule has 2 rings (SSSR count). The van der Waals surface area contributed by atoms with Crippen molar-refractivity contribution in [1.29, 1.82) is 0 Å². The smallest absolute Gasteiger partial charge is 0.354 e. The lowest BCUT2D eigenvalue weighted by Crippen LogP contribution is -2.14. The molecule has 104 valence electrons. The number of carboxylic acids is 1. The van der Waals surface area contributed by atoms with Crippen molar-refractivity contribution in [3.63, 3.8) is 0 Å². The van der Waals surface area contributed by atoms with E-state index in [9.17, 15) is 9.59 Å². The van der Waals surface area contributed by atoms with Gasteiger partial charge in [0, 0.05) is 18.3 Å². The van der Waals surface area contributed by atoms with Crippen LogP contribution < -0.4 is 5.32 Å². The fourth-order valence-corrected chi connectivity index (χ4v) is 1.56. The second-order valence-electron chi connectivity index (χ2n) is 4.04. The molecule has 0 aliphatic rings. The molecule has 3 N–H and O–H groups in total. The third kappa shape index (κ3) is 3.16. The highest BCUT2D eigenvalue weighted by atomic mass is 16.4. The number of hydrogen-bond acceptors (Lipinski definition) is 5. The maximum atomic E-state index is 11.9. The normalized spacial score (nSPS) is 10.2. The molecule has 2 heterocycles. The topological polar surface area (TPSA) is 121 Å². The van der Waals surface area contributed by atoms with Crippen molar-refractivity contribution in [2.24, 2.45) is 0 Å². The fourth-order valence-electron chi connectivity index (χ4n) is 1.56. The standard InChI is InChI=1S/C12H13N5O3/c1-2-3-9-15-10(17-16-9)11(18)14-7-4-5-13-8(6-7)12(19)20/h4-6H,2-3H2,1H3,(H,19,20)(H,13,14,18)(H,15,16,17). The number of amides is 1. The van der Waals surface area contributed by atoms with E-state index < -0.39 is 11.9 Å². The quantitative estimate of drug-likeness (QED) is 0.751. The van der Waals surface area contributed by atoms with Crippen molar-refractivity contribution in [1.82, 2.24) is 20.2 Å². The lowest BCUT2D eigenvalue weighted by molar-refractivity contribution is 0.0690. The number of carbonyl (C=O) groups is 2. The average molecular weight is 275 g/mol. The molecule has 0 bridgehead atoms. The van der Waals surface area contributed by atoms with Gasteiger partial charge in [-0.1, -0.05) is 6.92 Å². The first-order chi connectivity index (χ1) is 9.60. The van der Waals surface area contributed by atoms with E-state index >= 15 is 0 Å². The van der Waals surface area contributed by atoms with Gasteiger partial charge in [0.1, 0.15) is 11.5 Å². The number of aromatic carboxylic acids is 1. The zero-order valence-corrected chi connectivity index (χ0v) is 10.8. The van der Waals surface area contributed by atoms with Crippen molar-refractivity contribution < 1.29 is 14.7 Å². The number of anilines is 1. The Balaban J connectivity index is 2.10. The molecular weight excluding hydrogens is 262 g/mol. The Labute approximate surface area is 114 Å². The summed E-state index contributed by atoms with van der Waals surface area (Å²) in [5, 5.41) is 17.8. The summed E-state index contributed by atoms with van der Waals surface area (Å²) in [6.07, 6.45) is 2.90. The molecule has 0 fully saturated rings. The number of H-pyrrole nitrogens is 1. The number of aromatic nitrogens is 4. The third-order valence-electron chi connectivity index (χ3n) is 2.46. The van der Waals surface area contributed by atoms with Crippen LogP contribution in [0.3, 0.4) is 0 Å². The molecule has 0 spiro atoms. The second kappa shape index (κ2) is 5.91. The maximum Gasteiger partial charge on any atom is 0.354 e. The Morgan fingerprint density at radius 2 is 2.25 bits per heavy atom. The molecule has 2 aromatic heterocycles. The Morgan fingerprint density at radius 1 is 1.45 bits per heavy atom. The van der Waals surface area contributed by atoms with Gasteiger partial charge in [0.15, 0.2) is 0 Å². The second-order valence-corrected chi connectivity index (χ2v) is 4.04. The van der Waals surface area contributed by atoms with Crippen molar-refractivity contribution in [2.45, 2.75) is 19.8 Å². The summed E-state index contributed by atoms with van der Waals surface area (Å²) in [6, 6.07) is 2.75. The molecule has 0 saturated carbocycles. The summed E-state index contributed by atoms with van der Waals surface area (Å²) >= 11 is 0. The van der Waals surface area contributed by atoms with Crippen molar-refractivity contribution >= 4 is 17.6 Å². The van der Waals surface area contributed by atoms with Crippen LogP contribution in [0.4, 0.5) is 5.69 Å². The highest BCUT2D eigenvalue weighted by molar-refractivity contribution is 6.02. The van der Waals surface area contributed by atoms with Crippen LogP contribution in [0, 0.1) is 0 Å². The zero-order valence-electron chi connectivity index (χ0n) is 10.8. The van der Waals surface area contributed by atoms with E-state index in [0.717, 1.165) is 6.42 Å². The van der Waals surface area contributed by atoms with Crippen molar-refractivity contribution in [3.05, 3.63) is 35.7 Å². The predicted octanol–water partition coefficient (Wildman–Crippen LogP) is 1.10. The van der Waals surface area contributed by atoms with Gasteiger partial charge in [-0.15, -0.1) is 5.10 Å². The number of nitrogens with one attached hydrogen (secondary N) is 2. The molecule has 0 radical (unpaired) electrons. The summed E-state index contributed by atoms with van der Waals surface area (Å²) in [5.74, 6) is -1.02. The van der Waals surface area contributed by atoms with Gasteiger partial charge in [-0.25, -0.2) is 14.8 Å². The summed E-state index contributed by atoms with van der Waals surface area (Å²) in [6.45, 7) is 1.99. The van der Waals surface area contributed by atoms with Crippen LogP contribution in [-0.4, -0.2) is 37.1 Å². The van der Waals surface area contributed by atoms with Gasteiger partial charge < -0.3 is 10.4 Å². The van der Waals surface area contributed by atoms with Crippen LogP contribution >= 0.6 is 0 Å². The van der Waals surface area contributed by atoms with Crippen LogP contribution in [0.1, 0.15) is 40.3 Å². The van der Waals surface area contributed by atoms with Gasteiger partial charge in [-0.2, -0.15) is 0 Å². The predicted molar refractivity (Wildman–Crippen MR) is 69.5 cm³/mol. The van der Waals surface area contributed by atoms with E-state index in [0.29, 0.717) is 17.9 Å². The maximum absolute atomic E-state index is 11.9. The minimum Gasteiger partial charge on any atom is -0.477 e. The van der Waals surface area contributed by atoms with Crippen LogP contribution in [0.15, 0.2) is 18.3 Å². The first-order valence-corrected chi connectivity index (χ1v) is 6.02. The highest BCUT2D eigenvalue weighted by Gasteiger charge is 2.13. The first kappa shape index (κ1) is 13.7. The monoisotopic (exact) mass is 275 g/mol. The Kier molecular flexibility index (Phi) is 4.04. The molecule has 8 nitrogen and oxygen atoms in total. The number of nitrogens with zero attached hydrogens (tertiary/aromatic N) is 3. The van der Waals surface area contributed by atoms with Gasteiger partial charge in [-0.3, -0.25) is 9.89 Å². The van der Waals surface area contributed by atoms with E-state index in [1.807, 2.05) is 6.92 Å². The first-order valence-electron chi connectivity index (χ1n) is 6.02. The number of carboxylic acid groups (broad SMARTS) is 1. The molecule has 0 aromatic carbocycles. The SMILES string of the molecule is CCCc1nc(C(=O)Nc2ccnc(C(=O)O)c2)n[nH]1. The van der Waals surface area contributed by atoms with Gasteiger partial charge >= 0.3 is 5.97 Å². The van der Waals surface area contributed by atoms with Crippen molar-refractivity contribution in [3.8, 4) is 0 Å². The van der Waals surface area contributed by atoms with Crippen LogP contribution in [0.5, 0.6) is 0 Å². The molecular formula is C12H13N5O3. The number of rotatable bonds is 5. The van der Waals surface area contributed by atoms with Crippen LogP contribution in [-0.2, 0) is 6.42 Å². The Bertz CT molecular complexity index is 638. The lowest BCUT2D eigenvalue weighted by atomic mass is 10.3. The zero-order chi connectivity index (χ0) is 14.5. The molecule has 1 amide bonds. The van der Waals surface area contributed by atoms with Gasteiger partial charge in [0.2, 0.25) is 5.82 Å². The van der Waals surface area contributed by atoms with Gasteiger partial charge in [0.25, 0.3) is 5.91 Å². The van der Waals surface area contributed by atoms with E-state index in [4.69, 9.17) is 5.11 Å². The van der Waals surface area contributed by atoms with Gasteiger partial charge in [0.05, 0.1) is 0 Å². The van der Waals surface area contributed by atoms with Crippen LogP contribution in [0.2, 0.25) is 0 Å². The molecule has 0 unspecified atom stereocenters. The summed E-state index contributed by atoms with van der Waals surface area (Å²) in [4.78, 5) is 30.4. The number of carbonyl (C=O) groups excluding carboxylic acids is 1. The Morgan fingerprint density at radius 3 is 2.95 bits per heavy atom. The minimum absolute atomic E-state index is 0.0159. The van der Waals surface area contributed by atoms with Gasteiger partial charge in [-0.05, 0) is 18.6 Å². The van der Waals surface area contributed by atoms with E-state index in [1.54, 1.807) is 0 Å². The summed E-state index contributed by atoms with van der Waals surface area (Å²) in [7, 11) is 0. The largest absolute Gasteiger partial charge is 0.477 e. The van der Waals surface area contributed by atoms with E-state index in [1.165, 1.54) is 18.3 Å². The van der Waals surface area contributed by atoms with Crippen LogP contribution in [0.25, 0.3) is 0 Å². The number of pyridine rings is 1. The molecule has 0 aliphatic carbocycles. The molecule has 0 aliphatic heterocycles. The molecule has 20 heavy (non-hydrogen) atoms. The van der Waals surface area contributed by atoms with E-state index in [2.05, 4.69) is 25.5 Å². The summed E-state index contributed by atoms with van der Waals surface area (Å²) in [5.41, 5.74) is 0.175. The highest BCUT2D eigenvalue weighted by Crippen LogP contribution is 2.09. The van der Waals surface area contributed by atoms with E-state index in [-0.39, 0.29) is 11.5 Å². The molecule has 0 saturated heterocycles. The number of hydrogen-bond donors (Lipinski definition) is 3. The number of aromatic amines is 1. The average Bonchev–Trinajstić information content (AvgIpc) is 2.88. The molecule has 8 heteroatoms. The molecule has 2 aromatic rings. The third-order valence-corrected chi connectivity index (χ3v) is 2.46. The fraction of sp³-hybridized carbons (Fsp3) is 0.250. The Hall–Kier alpha value is -2.77. The minimum atomic E-state index is -1.16. The van der Waals surface area contributed by atoms with Crippen molar-refractivity contribution in [2.75, 3.05) is 5.32 Å². The summed E-state index contributed by atoms with van der Waals surface area (Å²) < 4.78 is 0. The molecule has 0 atom stereocenters.